The second-order valence-corrected chi connectivity index (χ2v) is 29.3. The molecule has 109 heavy (non-hydrogen) atoms. The fraction of sp³-hybridized carbons (Fsp3) is 0.481. The first-order valence-corrected chi connectivity index (χ1v) is 39.0. The molecule has 4 amide bonds. The summed E-state index contributed by atoms with van der Waals surface area (Å²) < 4.78 is 88.6. The average molecular weight is 1550 g/mol. The van der Waals surface area contributed by atoms with Crippen LogP contribution in [0.4, 0.5) is 19.2 Å². The maximum Gasteiger partial charge on any atom is 0.407 e. The highest BCUT2D eigenvalue weighted by Gasteiger charge is 2.41. The van der Waals surface area contributed by atoms with Gasteiger partial charge in [0.05, 0.1) is 93.1 Å². The molecule has 26 nitrogen and oxygen atoms in total. The zero-order valence-electron chi connectivity index (χ0n) is 65.0. The van der Waals surface area contributed by atoms with Gasteiger partial charge < -0.3 is 86.7 Å². The van der Waals surface area contributed by atoms with Gasteiger partial charge in [0.2, 0.25) is 0 Å². The number of nitriles is 2. The molecular formula is C81H110N8O18P2. The van der Waals surface area contributed by atoms with Crippen molar-refractivity contribution in [3.8, 4) is 35.1 Å². The van der Waals surface area contributed by atoms with E-state index in [2.05, 4.69) is 42.7 Å². The van der Waals surface area contributed by atoms with Crippen LogP contribution >= 0.6 is 17.1 Å². The molecule has 592 valence electrons. The number of alkyl carbamates (subject to hydrolysis) is 4. The zero-order valence-corrected chi connectivity index (χ0v) is 66.8. The maximum absolute atomic E-state index is 14.1. The van der Waals surface area contributed by atoms with Gasteiger partial charge in [0.15, 0.2) is 0 Å². The first-order valence-electron chi connectivity index (χ1n) is 36.7. The normalized spacial score (nSPS) is 12.3. The molecule has 0 spiro atoms. The van der Waals surface area contributed by atoms with Crippen LogP contribution in [0.3, 0.4) is 0 Å². The third-order valence-corrected chi connectivity index (χ3v) is 21.3. The van der Waals surface area contributed by atoms with Gasteiger partial charge in [-0.2, -0.15) is 10.5 Å². The fourth-order valence-electron chi connectivity index (χ4n) is 11.9. The monoisotopic (exact) mass is 1540 g/mol. The summed E-state index contributed by atoms with van der Waals surface area (Å²) in [6.07, 6.45) is -1.95. The van der Waals surface area contributed by atoms with E-state index < -0.39 is 84.5 Å². The number of hydrogen-bond donors (Lipinski definition) is 4. The summed E-state index contributed by atoms with van der Waals surface area (Å²) >= 11 is 0. The van der Waals surface area contributed by atoms with Crippen molar-refractivity contribution in [2.45, 2.75) is 129 Å². The Bertz CT molecular complexity index is 3340. The van der Waals surface area contributed by atoms with E-state index in [4.69, 9.17) is 65.5 Å². The predicted molar refractivity (Wildman–Crippen MR) is 417 cm³/mol. The van der Waals surface area contributed by atoms with Gasteiger partial charge in [0, 0.05) is 50.3 Å². The van der Waals surface area contributed by atoms with E-state index in [0.717, 1.165) is 33.4 Å². The van der Waals surface area contributed by atoms with Crippen molar-refractivity contribution in [3.05, 3.63) is 191 Å². The van der Waals surface area contributed by atoms with Crippen LogP contribution in [-0.2, 0) is 57.7 Å². The van der Waals surface area contributed by atoms with Crippen molar-refractivity contribution in [3.63, 3.8) is 0 Å². The fourth-order valence-corrected chi connectivity index (χ4v) is 15.1. The Labute approximate surface area is 645 Å². The van der Waals surface area contributed by atoms with Crippen molar-refractivity contribution >= 4 is 41.4 Å². The third-order valence-electron chi connectivity index (χ3n) is 17.1. The van der Waals surface area contributed by atoms with Crippen molar-refractivity contribution in [2.75, 3.05) is 121 Å². The molecule has 0 aliphatic rings. The van der Waals surface area contributed by atoms with Crippen LogP contribution < -0.4 is 40.2 Å². The lowest BCUT2D eigenvalue weighted by molar-refractivity contribution is -0.0488. The summed E-state index contributed by atoms with van der Waals surface area (Å²) in [5.41, 5.74) is 0.939. The lowest BCUT2D eigenvalue weighted by Gasteiger charge is -2.36. The van der Waals surface area contributed by atoms with E-state index in [1.807, 2.05) is 213 Å². The smallest absolute Gasteiger partial charge is 0.407 e. The Hall–Kier alpha value is -8.88. The van der Waals surface area contributed by atoms with Crippen LogP contribution in [0.1, 0.15) is 127 Å². The third kappa shape index (κ3) is 27.9. The lowest BCUT2D eigenvalue weighted by Crippen LogP contribution is -2.47. The molecule has 2 atom stereocenters. The highest BCUT2D eigenvalue weighted by molar-refractivity contribution is 7.44. The minimum Gasteiger partial charge on any atom is -0.497 e. The number of rotatable bonds is 50. The van der Waals surface area contributed by atoms with Gasteiger partial charge >= 0.3 is 24.4 Å². The zero-order chi connectivity index (χ0) is 78.9. The first kappa shape index (κ1) is 89.0. The van der Waals surface area contributed by atoms with Gasteiger partial charge in [-0.05, 0) is 163 Å². The molecule has 6 aromatic rings. The van der Waals surface area contributed by atoms with Crippen molar-refractivity contribution in [1.82, 2.24) is 30.6 Å². The number of carbonyl (C=O) groups excluding carboxylic acids is 4. The highest BCUT2D eigenvalue weighted by atomic mass is 31.2. The Balaban J connectivity index is 1.23. The lowest BCUT2D eigenvalue weighted by atomic mass is 9.80. The molecule has 0 aliphatic carbocycles. The standard InChI is InChI=1S/C81H110N8O18P2/c1-61(2)88(62(3)4)108(104-53-19-45-82)106-55-23-49-86-77(92)100-59-79(60-101-78(93)87-50-24-56-107-109(105-54-20-46-83)89(63(5)6)64(7)8,57-98-75(90)84-47-21-51-102-80(65-25-15-13-16-26-65,67-29-37-71(94-9)38-30-67)68-31-39-72(95-10)40-32-68)58-99-76(91)85-48-22-52-103-81(66-27-17-14-18-28-66,69-33-41-73(96-11)42-34-69)70-35-43-74(97-12)44-36-70/h13-18,25-44,61-64H,19-24,47-60H2,1-12H3,(H,84,90)(H,85,91)(H,86,92)(H,87,93). The molecule has 0 saturated carbocycles. The largest absolute Gasteiger partial charge is 0.497 e. The van der Waals surface area contributed by atoms with Crippen LogP contribution in [0.2, 0.25) is 0 Å². The molecule has 0 bridgehead atoms. The van der Waals surface area contributed by atoms with E-state index in [0.29, 0.717) is 48.7 Å². The molecule has 0 aliphatic heterocycles. The Morgan fingerprint density at radius 1 is 0.358 bits per heavy atom. The van der Waals surface area contributed by atoms with Crippen LogP contribution in [-0.4, -0.2) is 179 Å². The number of carbonyl (C=O) groups is 4. The second kappa shape index (κ2) is 47.9. The summed E-state index contributed by atoms with van der Waals surface area (Å²) in [4.78, 5) is 55.8. The van der Waals surface area contributed by atoms with Crippen LogP contribution in [0.25, 0.3) is 0 Å². The van der Waals surface area contributed by atoms with Crippen molar-refractivity contribution < 1.29 is 84.6 Å². The minimum absolute atomic E-state index is 0.0597. The van der Waals surface area contributed by atoms with Crippen LogP contribution in [0.5, 0.6) is 23.0 Å². The van der Waals surface area contributed by atoms with Gasteiger partial charge in [0.1, 0.15) is 66.0 Å². The van der Waals surface area contributed by atoms with Crippen LogP contribution in [0.15, 0.2) is 158 Å². The van der Waals surface area contributed by atoms with Gasteiger partial charge in [-0.25, -0.2) is 28.5 Å². The molecule has 6 aromatic carbocycles. The molecule has 28 heteroatoms. The number of methoxy groups -OCH3 is 4. The molecule has 2 unspecified atom stereocenters. The SMILES string of the molecule is COc1ccc(C(OCCCNC(=O)OCC(COC(=O)NCCCOP(OCCC#N)N(C(C)C)C(C)C)(COC(=O)NCCCOP(OCCC#N)N(C(C)C)C(C)C)COC(=O)NCCCOC(c2ccccc2)(c2ccc(OC)cc2)c2ccc(OC)cc2)(c2ccccc2)c2ccc(OC)cc2)cc1. The summed E-state index contributed by atoms with van der Waals surface area (Å²) in [6.45, 7) is 15.1. The van der Waals surface area contributed by atoms with Crippen molar-refractivity contribution in [2.24, 2.45) is 5.41 Å². The van der Waals surface area contributed by atoms with Crippen LogP contribution in [0, 0.1) is 28.1 Å². The van der Waals surface area contributed by atoms with E-state index in [1.54, 1.807) is 28.4 Å². The molecule has 0 heterocycles. The molecule has 6 rings (SSSR count). The molecule has 0 radical (unpaired) electrons. The number of nitrogens with zero attached hydrogens (tertiary/aromatic N) is 4. The van der Waals surface area contributed by atoms with E-state index in [9.17, 15) is 29.7 Å². The number of nitrogens with one attached hydrogen (secondary N) is 4. The topological polar surface area (TPSA) is 300 Å². The van der Waals surface area contributed by atoms with Gasteiger partial charge in [-0.3, -0.25) is 0 Å². The molecule has 0 fully saturated rings. The minimum atomic E-state index is -1.75. The Morgan fingerprint density at radius 2 is 0.596 bits per heavy atom. The van der Waals surface area contributed by atoms with Crippen molar-refractivity contribution in [1.29, 1.82) is 10.5 Å². The summed E-state index contributed by atoms with van der Waals surface area (Å²) in [5.74, 6) is 2.65. The molecule has 0 saturated heterocycles. The molecular weight excluding hydrogens is 1430 g/mol. The summed E-state index contributed by atoms with van der Waals surface area (Å²) in [6, 6.07) is 54.6. The quantitative estimate of drug-likeness (QED) is 0.0119. The second-order valence-electron chi connectivity index (χ2n) is 26.4. The number of benzene rings is 6. The van der Waals surface area contributed by atoms with Gasteiger partial charge in [0.25, 0.3) is 17.1 Å². The first-order chi connectivity index (χ1) is 52.7. The number of ether oxygens (including phenoxy) is 10. The van der Waals surface area contributed by atoms with Gasteiger partial charge in [-0.1, -0.05) is 109 Å². The summed E-state index contributed by atoms with van der Waals surface area (Å²) in [7, 11) is 3.31. The highest BCUT2D eigenvalue weighted by Crippen LogP contribution is 2.48. The maximum atomic E-state index is 14.1. The van der Waals surface area contributed by atoms with E-state index >= 15 is 0 Å². The van der Waals surface area contributed by atoms with Gasteiger partial charge in [-0.15, -0.1) is 0 Å². The molecule has 4 N–H and O–H groups in total. The predicted octanol–water partition coefficient (Wildman–Crippen LogP) is 15.1. The number of amides is 4. The Kier molecular flexibility index (Phi) is 39.1. The summed E-state index contributed by atoms with van der Waals surface area (Å²) in [5, 5.41) is 29.6. The average Bonchev–Trinajstić information content (AvgIpc) is 0.760. The Morgan fingerprint density at radius 3 is 0.835 bits per heavy atom. The molecule has 0 aromatic heterocycles. The van der Waals surface area contributed by atoms with E-state index in [1.165, 1.54) is 0 Å². The number of hydrogen-bond acceptors (Lipinski definition) is 22. The van der Waals surface area contributed by atoms with E-state index in [-0.39, 0.29) is 103 Å².